The smallest absolute Gasteiger partial charge is 0.322 e. The van der Waals surface area contributed by atoms with Crippen LogP contribution in [0.4, 0.5) is 0 Å². The maximum absolute atomic E-state index is 11.1. The molecule has 0 aliphatic rings. The Morgan fingerprint density at radius 2 is 2.00 bits per heavy atom. The molecule has 0 fully saturated rings. The normalized spacial score (nSPS) is 13.5. The molecule has 76 valence electrons. The van der Waals surface area contributed by atoms with Crippen molar-refractivity contribution in [1.82, 2.24) is 0 Å². The van der Waals surface area contributed by atoms with Crippen molar-refractivity contribution in [3.05, 3.63) is 0 Å². The summed E-state index contributed by atoms with van der Waals surface area (Å²) in [6.07, 6.45) is 0. The van der Waals surface area contributed by atoms with E-state index in [0.29, 0.717) is 0 Å². The molecular weight excluding hydrogens is 308 g/mol. The summed E-state index contributed by atoms with van der Waals surface area (Å²) in [5.41, 5.74) is 0. The number of halogens is 2. The third kappa shape index (κ3) is 5.25. The van der Waals surface area contributed by atoms with E-state index in [1.165, 1.54) is 0 Å². The Hall–Kier alpha value is -0.100. The molecule has 13 heavy (non-hydrogen) atoms. The van der Waals surface area contributed by atoms with Gasteiger partial charge in [0, 0.05) is 0 Å². The van der Waals surface area contributed by atoms with E-state index in [1.807, 2.05) is 0 Å². The van der Waals surface area contributed by atoms with E-state index < -0.39 is 21.1 Å². The van der Waals surface area contributed by atoms with E-state index in [-0.39, 0.29) is 6.61 Å². The molecule has 0 rings (SSSR count). The van der Waals surface area contributed by atoms with Crippen molar-refractivity contribution in [2.24, 2.45) is 0 Å². The third-order valence-electron chi connectivity index (χ3n) is 1.11. The molecule has 0 aromatic carbocycles. The molecule has 0 bridgehead atoms. The highest BCUT2D eigenvalue weighted by molar-refractivity contribution is 9.10. The zero-order valence-electron chi connectivity index (χ0n) is 7.21. The van der Waals surface area contributed by atoms with Crippen molar-refractivity contribution in [1.29, 1.82) is 0 Å². The third-order valence-corrected chi connectivity index (χ3v) is 2.09. The standard InChI is InChI=1S/C7H10Br2O4/c1-7(2,9)6(12)13-3-4(8)5(10)11/h4H,3H2,1-2H3,(H,10,11). The summed E-state index contributed by atoms with van der Waals surface area (Å²) in [6, 6.07) is 0. The van der Waals surface area contributed by atoms with Crippen LogP contribution in [0, 0.1) is 0 Å². The lowest BCUT2D eigenvalue weighted by Gasteiger charge is -2.15. The first-order chi connectivity index (χ1) is 5.75. The summed E-state index contributed by atoms with van der Waals surface area (Å²) in [5, 5.41) is 8.45. The minimum Gasteiger partial charge on any atom is -0.480 e. The lowest BCUT2D eigenvalue weighted by atomic mass is 10.2. The molecule has 0 aromatic rings. The highest BCUT2D eigenvalue weighted by Crippen LogP contribution is 2.17. The first-order valence-corrected chi connectivity index (χ1v) is 5.19. The van der Waals surface area contributed by atoms with E-state index in [9.17, 15) is 9.59 Å². The number of rotatable bonds is 4. The van der Waals surface area contributed by atoms with Gasteiger partial charge in [0.15, 0.2) is 0 Å². The quantitative estimate of drug-likeness (QED) is 0.631. The lowest BCUT2D eigenvalue weighted by molar-refractivity contribution is -0.147. The number of carbonyl (C=O) groups is 2. The minimum atomic E-state index is -1.06. The molecule has 0 saturated carbocycles. The molecule has 1 N–H and O–H groups in total. The van der Waals surface area contributed by atoms with Crippen LogP contribution in [0.1, 0.15) is 13.8 Å². The second kappa shape index (κ2) is 4.95. The van der Waals surface area contributed by atoms with Gasteiger partial charge in [0.1, 0.15) is 15.8 Å². The van der Waals surface area contributed by atoms with Gasteiger partial charge in [0.05, 0.1) is 0 Å². The van der Waals surface area contributed by atoms with Crippen LogP contribution < -0.4 is 0 Å². The number of carboxylic acid groups (broad SMARTS) is 1. The van der Waals surface area contributed by atoms with Crippen molar-refractivity contribution >= 4 is 43.8 Å². The Morgan fingerprint density at radius 3 is 2.31 bits per heavy atom. The Labute approximate surface area is 92.9 Å². The molecule has 0 aliphatic heterocycles. The number of alkyl halides is 2. The molecule has 0 spiro atoms. The van der Waals surface area contributed by atoms with Crippen LogP contribution in [0.5, 0.6) is 0 Å². The van der Waals surface area contributed by atoms with Crippen LogP contribution in [0.2, 0.25) is 0 Å². The van der Waals surface area contributed by atoms with Gasteiger partial charge >= 0.3 is 11.9 Å². The number of aliphatic carboxylic acids is 1. The highest BCUT2D eigenvalue weighted by atomic mass is 79.9. The molecule has 6 heteroatoms. The van der Waals surface area contributed by atoms with Gasteiger partial charge in [-0.2, -0.15) is 0 Å². The second-order valence-corrected chi connectivity index (χ2v) is 5.96. The Bertz CT molecular complexity index is 209. The monoisotopic (exact) mass is 316 g/mol. The largest absolute Gasteiger partial charge is 0.480 e. The first-order valence-electron chi connectivity index (χ1n) is 3.48. The van der Waals surface area contributed by atoms with Crippen LogP contribution in [0.25, 0.3) is 0 Å². The molecule has 4 nitrogen and oxygen atoms in total. The number of carboxylic acids is 1. The van der Waals surface area contributed by atoms with Gasteiger partial charge in [-0.15, -0.1) is 0 Å². The van der Waals surface area contributed by atoms with Gasteiger partial charge in [0.2, 0.25) is 0 Å². The van der Waals surface area contributed by atoms with Crippen molar-refractivity contribution in [2.45, 2.75) is 23.0 Å². The summed E-state index contributed by atoms with van der Waals surface area (Å²) in [5.74, 6) is -1.54. The van der Waals surface area contributed by atoms with E-state index in [2.05, 4.69) is 31.9 Å². The van der Waals surface area contributed by atoms with E-state index in [0.717, 1.165) is 0 Å². The topological polar surface area (TPSA) is 63.6 Å². The Balaban J connectivity index is 3.91. The average Bonchev–Trinajstić information content (AvgIpc) is 1.97. The summed E-state index contributed by atoms with van der Waals surface area (Å²) in [6.45, 7) is 3.07. The molecule has 1 atom stereocenters. The number of hydrogen-bond donors (Lipinski definition) is 1. The van der Waals surface area contributed by atoms with Gasteiger partial charge in [-0.25, -0.2) is 0 Å². The number of ether oxygens (including phenoxy) is 1. The molecule has 0 aromatic heterocycles. The van der Waals surface area contributed by atoms with Crippen LogP contribution in [-0.4, -0.2) is 32.8 Å². The predicted octanol–water partition coefficient (Wildman–Crippen LogP) is 1.55. The summed E-state index contributed by atoms with van der Waals surface area (Å²) < 4.78 is 3.94. The zero-order valence-corrected chi connectivity index (χ0v) is 10.4. The fourth-order valence-corrected chi connectivity index (χ4v) is 0.638. The molecule has 0 aliphatic carbocycles. The number of carbonyl (C=O) groups excluding carboxylic acids is 1. The summed E-state index contributed by atoms with van der Waals surface area (Å²) in [7, 11) is 0. The van der Waals surface area contributed by atoms with Crippen LogP contribution in [0.15, 0.2) is 0 Å². The Morgan fingerprint density at radius 1 is 1.54 bits per heavy atom. The first kappa shape index (κ1) is 12.9. The van der Waals surface area contributed by atoms with E-state index in [4.69, 9.17) is 9.84 Å². The van der Waals surface area contributed by atoms with Crippen molar-refractivity contribution in [2.75, 3.05) is 6.61 Å². The average molecular weight is 318 g/mol. The predicted molar refractivity (Wildman–Crippen MR) is 54.3 cm³/mol. The van der Waals surface area contributed by atoms with Gasteiger partial charge in [-0.3, -0.25) is 9.59 Å². The Kier molecular flexibility index (Phi) is 4.91. The van der Waals surface area contributed by atoms with Gasteiger partial charge in [-0.1, -0.05) is 31.9 Å². The molecular formula is C7H10Br2O4. The van der Waals surface area contributed by atoms with Crippen LogP contribution >= 0.6 is 31.9 Å². The number of hydrogen-bond acceptors (Lipinski definition) is 3. The molecule has 1 unspecified atom stereocenters. The second-order valence-electron chi connectivity index (χ2n) is 2.88. The highest BCUT2D eigenvalue weighted by Gasteiger charge is 2.27. The van der Waals surface area contributed by atoms with Gasteiger partial charge < -0.3 is 9.84 Å². The summed E-state index contributed by atoms with van der Waals surface area (Å²) in [4.78, 5) is 20.6. The SMILES string of the molecule is CC(C)(Br)C(=O)OCC(Br)C(=O)O. The molecule has 0 radical (unpaired) electrons. The van der Waals surface area contributed by atoms with E-state index >= 15 is 0 Å². The fourth-order valence-electron chi connectivity index (χ4n) is 0.392. The lowest BCUT2D eigenvalue weighted by Crippen LogP contribution is -2.30. The van der Waals surface area contributed by atoms with Crippen LogP contribution in [0.3, 0.4) is 0 Å². The van der Waals surface area contributed by atoms with Gasteiger partial charge in [0.25, 0.3) is 0 Å². The van der Waals surface area contributed by atoms with E-state index in [1.54, 1.807) is 13.8 Å². The van der Waals surface area contributed by atoms with Crippen molar-refractivity contribution in [3.63, 3.8) is 0 Å². The number of esters is 1. The minimum absolute atomic E-state index is 0.177. The van der Waals surface area contributed by atoms with Gasteiger partial charge in [-0.05, 0) is 13.8 Å². The molecule has 0 amide bonds. The van der Waals surface area contributed by atoms with Crippen molar-refractivity contribution in [3.8, 4) is 0 Å². The van der Waals surface area contributed by atoms with Crippen molar-refractivity contribution < 1.29 is 19.4 Å². The summed E-state index contributed by atoms with van der Waals surface area (Å²) >= 11 is 5.94. The maximum Gasteiger partial charge on any atom is 0.322 e. The maximum atomic E-state index is 11.1. The molecule has 0 saturated heterocycles. The zero-order chi connectivity index (χ0) is 10.6. The fraction of sp³-hybridized carbons (Fsp3) is 0.714. The van der Waals surface area contributed by atoms with Crippen LogP contribution in [-0.2, 0) is 14.3 Å². The molecule has 0 heterocycles.